The van der Waals surface area contributed by atoms with Crippen molar-refractivity contribution in [3.8, 4) is 5.75 Å². The Morgan fingerprint density at radius 3 is 2.64 bits per heavy atom. The number of hydrogen-bond acceptors (Lipinski definition) is 4. The molecule has 5 nitrogen and oxygen atoms in total. The highest BCUT2D eigenvalue weighted by Crippen LogP contribution is 2.33. The third-order valence-corrected chi connectivity index (χ3v) is 4.08. The summed E-state index contributed by atoms with van der Waals surface area (Å²) >= 11 is 0. The van der Waals surface area contributed by atoms with Crippen LogP contribution in [0.15, 0.2) is 48.5 Å². The molecular weight excluding hydrogens is 325 g/mol. The Hall–Kier alpha value is -2.89. The number of fused-ring (bicyclic) bond motifs is 1. The Balaban J connectivity index is 1.75. The summed E-state index contributed by atoms with van der Waals surface area (Å²) in [5.41, 5.74) is 1.51. The number of benzene rings is 2. The third kappa shape index (κ3) is 3.79. The third-order valence-electron chi connectivity index (χ3n) is 4.08. The van der Waals surface area contributed by atoms with E-state index in [1.54, 1.807) is 41.3 Å². The molecule has 1 aliphatic rings. The molecule has 2 aromatic rings. The fourth-order valence-electron chi connectivity index (χ4n) is 2.76. The van der Waals surface area contributed by atoms with Crippen LogP contribution in [0.25, 0.3) is 0 Å². The average molecular weight is 343 g/mol. The highest BCUT2D eigenvalue weighted by molar-refractivity contribution is 5.96. The van der Waals surface area contributed by atoms with Crippen molar-refractivity contribution in [1.29, 1.82) is 0 Å². The maximum atomic E-state index is 13.0. The first-order valence-corrected chi connectivity index (χ1v) is 7.97. The lowest BCUT2D eigenvalue weighted by Crippen LogP contribution is -2.47. The second kappa shape index (κ2) is 7.34. The van der Waals surface area contributed by atoms with Gasteiger partial charge in [0.15, 0.2) is 0 Å². The van der Waals surface area contributed by atoms with Crippen LogP contribution in [0.4, 0.5) is 10.1 Å². The molecular formula is C19H18FNO4. The molecule has 1 heterocycles. The number of esters is 1. The molecule has 0 fully saturated rings. The predicted octanol–water partition coefficient (Wildman–Crippen LogP) is 2.73. The second-order valence-corrected chi connectivity index (χ2v) is 5.73. The molecule has 1 unspecified atom stereocenters. The van der Waals surface area contributed by atoms with Gasteiger partial charge in [0.25, 0.3) is 0 Å². The summed E-state index contributed by atoms with van der Waals surface area (Å²) in [5, 5.41) is 0. The molecule has 0 aliphatic carbocycles. The van der Waals surface area contributed by atoms with Crippen molar-refractivity contribution in [2.24, 2.45) is 0 Å². The van der Waals surface area contributed by atoms with E-state index in [4.69, 9.17) is 9.47 Å². The SMILES string of the molecule is COC(=O)C1CN(C(=O)CCc2ccc(F)cc2)c2ccccc2O1. The number of carbonyl (C=O) groups is 2. The zero-order valence-corrected chi connectivity index (χ0v) is 13.8. The van der Waals surface area contributed by atoms with E-state index in [2.05, 4.69) is 0 Å². The van der Waals surface area contributed by atoms with Gasteiger partial charge in [-0.2, -0.15) is 0 Å². The summed E-state index contributed by atoms with van der Waals surface area (Å²) in [6.07, 6.45) is -0.121. The Labute approximate surface area is 145 Å². The molecule has 0 N–H and O–H groups in total. The molecule has 25 heavy (non-hydrogen) atoms. The Kier molecular flexibility index (Phi) is 4.97. The van der Waals surface area contributed by atoms with Gasteiger partial charge in [0.2, 0.25) is 12.0 Å². The second-order valence-electron chi connectivity index (χ2n) is 5.73. The summed E-state index contributed by atoms with van der Waals surface area (Å²) < 4.78 is 23.3. The summed E-state index contributed by atoms with van der Waals surface area (Å²) in [6, 6.07) is 13.1. The van der Waals surface area contributed by atoms with Crippen molar-refractivity contribution in [3.05, 3.63) is 59.9 Å². The number of hydrogen-bond donors (Lipinski definition) is 0. The van der Waals surface area contributed by atoms with E-state index in [0.29, 0.717) is 17.9 Å². The van der Waals surface area contributed by atoms with Crippen LogP contribution < -0.4 is 9.64 Å². The number of aryl methyl sites for hydroxylation is 1. The lowest BCUT2D eigenvalue weighted by atomic mass is 10.1. The molecule has 2 aromatic carbocycles. The molecule has 6 heteroatoms. The molecule has 0 bridgehead atoms. The van der Waals surface area contributed by atoms with Crippen LogP contribution in [-0.4, -0.2) is 31.6 Å². The summed E-state index contributed by atoms with van der Waals surface area (Å²) in [5.74, 6) is -0.489. The Bertz CT molecular complexity index is 775. The van der Waals surface area contributed by atoms with Gasteiger partial charge in [-0.05, 0) is 36.2 Å². The van der Waals surface area contributed by atoms with Crippen molar-refractivity contribution in [2.45, 2.75) is 18.9 Å². The van der Waals surface area contributed by atoms with Crippen molar-refractivity contribution in [3.63, 3.8) is 0 Å². The minimum atomic E-state index is -0.852. The van der Waals surface area contributed by atoms with Crippen LogP contribution in [-0.2, 0) is 20.7 Å². The lowest BCUT2D eigenvalue weighted by molar-refractivity contribution is -0.148. The van der Waals surface area contributed by atoms with Crippen molar-refractivity contribution >= 4 is 17.6 Å². The van der Waals surface area contributed by atoms with E-state index in [1.165, 1.54) is 19.2 Å². The highest BCUT2D eigenvalue weighted by atomic mass is 19.1. The van der Waals surface area contributed by atoms with Crippen LogP contribution in [0, 0.1) is 5.82 Å². The van der Waals surface area contributed by atoms with E-state index in [9.17, 15) is 14.0 Å². The van der Waals surface area contributed by atoms with Crippen LogP contribution in [0.1, 0.15) is 12.0 Å². The van der Waals surface area contributed by atoms with Crippen molar-refractivity contribution in [1.82, 2.24) is 0 Å². The first-order valence-electron chi connectivity index (χ1n) is 7.97. The minimum absolute atomic E-state index is 0.103. The fourth-order valence-corrected chi connectivity index (χ4v) is 2.76. The van der Waals surface area contributed by atoms with Gasteiger partial charge in [0.05, 0.1) is 19.3 Å². The van der Waals surface area contributed by atoms with Crippen LogP contribution in [0.3, 0.4) is 0 Å². The standard InChI is InChI=1S/C19H18FNO4/c1-24-19(23)17-12-21(15-4-2-3-5-16(15)25-17)18(22)11-8-13-6-9-14(20)10-7-13/h2-7,9-10,17H,8,11-12H2,1H3. The van der Waals surface area contributed by atoms with Crippen LogP contribution >= 0.6 is 0 Å². The number of ether oxygens (including phenoxy) is 2. The van der Waals surface area contributed by atoms with Crippen molar-refractivity contribution < 1.29 is 23.5 Å². The molecule has 3 rings (SSSR count). The number of carbonyl (C=O) groups excluding carboxylic acids is 2. The number of nitrogens with zero attached hydrogens (tertiary/aromatic N) is 1. The molecule has 0 radical (unpaired) electrons. The number of rotatable bonds is 4. The van der Waals surface area contributed by atoms with E-state index >= 15 is 0 Å². The van der Waals surface area contributed by atoms with E-state index in [-0.39, 0.29) is 24.7 Å². The van der Waals surface area contributed by atoms with E-state index < -0.39 is 12.1 Å². The van der Waals surface area contributed by atoms with E-state index in [1.807, 2.05) is 0 Å². The minimum Gasteiger partial charge on any atom is -0.475 e. The largest absolute Gasteiger partial charge is 0.475 e. The zero-order chi connectivity index (χ0) is 17.8. The van der Waals surface area contributed by atoms with Gasteiger partial charge < -0.3 is 14.4 Å². The molecule has 1 atom stereocenters. The van der Waals surface area contributed by atoms with E-state index in [0.717, 1.165) is 5.56 Å². The summed E-state index contributed by atoms with van der Waals surface area (Å²) in [6.45, 7) is 0.103. The van der Waals surface area contributed by atoms with Gasteiger partial charge >= 0.3 is 5.97 Å². The number of amides is 1. The van der Waals surface area contributed by atoms with Gasteiger partial charge in [-0.1, -0.05) is 24.3 Å². The van der Waals surface area contributed by atoms with Crippen LogP contribution in [0.5, 0.6) is 5.75 Å². The predicted molar refractivity (Wildman–Crippen MR) is 89.9 cm³/mol. The van der Waals surface area contributed by atoms with Gasteiger partial charge in [-0.25, -0.2) is 9.18 Å². The molecule has 0 saturated heterocycles. The molecule has 0 aromatic heterocycles. The van der Waals surface area contributed by atoms with Gasteiger partial charge in [-0.15, -0.1) is 0 Å². The molecule has 1 amide bonds. The van der Waals surface area contributed by atoms with Gasteiger partial charge in [-0.3, -0.25) is 4.79 Å². The van der Waals surface area contributed by atoms with Crippen LogP contribution in [0.2, 0.25) is 0 Å². The average Bonchev–Trinajstić information content (AvgIpc) is 2.65. The lowest BCUT2D eigenvalue weighted by Gasteiger charge is -2.33. The molecule has 0 saturated carbocycles. The smallest absolute Gasteiger partial charge is 0.348 e. The van der Waals surface area contributed by atoms with Gasteiger partial charge in [0, 0.05) is 6.42 Å². The first-order chi connectivity index (χ1) is 12.1. The molecule has 1 aliphatic heterocycles. The normalized spacial score (nSPS) is 15.9. The summed E-state index contributed by atoms with van der Waals surface area (Å²) in [7, 11) is 1.28. The van der Waals surface area contributed by atoms with Crippen molar-refractivity contribution in [2.75, 3.05) is 18.6 Å². The maximum Gasteiger partial charge on any atom is 0.348 e. The zero-order valence-electron chi connectivity index (χ0n) is 13.8. The maximum absolute atomic E-state index is 13.0. The number of methoxy groups -OCH3 is 1. The number of anilines is 1. The monoisotopic (exact) mass is 343 g/mol. The summed E-state index contributed by atoms with van der Waals surface area (Å²) in [4.78, 5) is 26.1. The number of para-hydroxylation sites is 2. The van der Waals surface area contributed by atoms with Gasteiger partial charge in [0.1, 0.15) is 11.6 Å². The molecule has 0 spiro atoms. The topological polar surface area (TPSA) is 55.8 Å². The Morgan fingerprint density at radius 2 is 1.92 bits per heavy atom. The first kappa shape index (κ1) is 17.0. The Morgan fingerprint density at radius 1 is 1.20 bits per heavy atom. The molecule has 130 valence electrons. The highest BCUT2D eigenvalue weighted by Gasteiger charge is 2.34. The number of halogens is 1. The quantitative estimate of drug-likeness (QED) is 0.801. The fraction of sp³-hybridized carbons (Fsp3) is 0.263.